The Balaban J connectivity index is 2.45. The monoisotopic (exact) mass is 267 g/mol. The Morgan fingerprint density at radius 1 is 1.53 bits per heavy atom. The van der Waals surface area contributed by atoms with Crippen LogP contribution in [-0.2, 0) is 0 Å². The van der Waals surface area contributed by atoms with E-state index >= 15 is 0 Å². The lowest BCUT2D eigenvalue weighted by atomic mass is 9.80. The molecule has 1 fully saturated rings. The molecule has 0 aromatic heterocycles. The first-order valence-corrected chi connectivity index (χ1v) is 5.65. The molecule has 1 heterocycles. The number of hydrogen-bond donors (Lipinski definition) is 2. The van der Waals surface area contributed by atoms with Gasteiger partial charge in [-0.1, -0.05) is 6.42 Å². The zero-order chi connectivity index (χ0) is 12.8. The van der Waals surface area contributed by atoms with Gasteiger partial charge in [0.25, 0.3) is 5.72 Å². The molecule has 1 aliphatic carbocycles. The molecule has 0 bridgehead atoms. The number of rotatable bonds is 0. The summed E-state index contributed by atoms with van der Waals surface area (Å²) in [5.74, 6) is -1.06. The van der Waals surface area contributed by atoms with Crippen molar-refractivity contribution < 1.29 is 18.3 Å². The van der Waals surface area contributed by atoms with E-state index in [1.165, 1.54) is 0 Å². The Labute approximate surface area is 101 Å². The second-order valence-electron chi connectivity index (χ2n) is 4.26. The molecule has 1 aliphatic heterocycles. The minimum atomic E-state index is -4.84. The molecule has 96 valence electrons. The number of nitrogens with zero attached hydrogens (tertiary/aromatic N) is 2. The van der Waals surface area contributed by atoms with Gasteiger partial charge in [0.2, 0.25) is 0 Å². The first-order chi connectivity index (χ1) is 7.78. The van der Waals surface area contributed by atoms with Crippen LogP contribution >= 0.6 is 12.2 Å². The molecule has 1 saturated carbocycles. The molecule has 17 heavy (non-hydrogen) atoms. The molecular weight excluding hydrogens is 255 g/mol. The van der Waals surface area contributed by atoms with E-state index in [0.29, 0.717) is 23.6 Å². The number of halogens is 3. The average molecular weight is 267 g/mol. The van der Waals surface area contributed by atoms with Crippen molar-refractivity contribution in [1.29, 1.82) is 0 Å². The number of alkyl halides is 3. The quantitative estimate of drug-likeness (QED) is 0.650. The van der Waals surface area contributed by atoms with Crippen LogP contribution in [0.3, 0.4) is 0 Å². The summed E-state index contributed by atoms with van der Waals surface area (Å²) in [5.41, 5.74) is 2.48. The summed E-state index contributed by atoms with van der Waals surface area (Å²) in [6.07, 6.45) is -2.75. The van der Waals surface area contributed by atoms with Crippen LogP contribution in [0.15, 0.2) is 5.10 Å². The van der Waals surface area contributed by atoms with Crippen LogP contribution in [0.1, 0.15) is 25.7 Å². The summed E-state index contributed by atoms with van der Waals surface area (Å²) in [6, 6.07) is 0. The molecule has 2 aliphatic rings. The van der Waals surface area contributed by atoms with Crippen molar-refractivity contribution in [3.63, 3.8) is 0 Å². The molecule has 4 nitrogen and oxygen atoms in total. The molecule has 0 radical (unpaired) electrons. The van der Waals surface area contributed by atoms with Crippen molar-refractivity contribution in [2.45, 2.75) is 37.6 Å². The summed E-state index contributed by atoms with van der Waals surface area (Å²) >= 11 is 4.53. The number of nitrogens with two attached hydrogens (primary N) is 1. The zero-order valence-electron chi connectivity index (χ0n) is 8.87. The van der Waals surface area contributed by atoms with Gasteiger partial charge in [-0.2, -0.15) is 23.3 Å². The van der Waals surface area contributed by atoms with Crippen LogP contribution < -0.4 is 5.73 Å². The van der Waals surface area contributed by atoms with Crippen LogP contribution in [0.25, 0.3) is 0 Å². The summed E-state index contributed by atoms with van der Waals surface area (Å²) in [6.45, 7) is 0. The van der Waals surface area contributed by atoms with Crippen LogP contribution in [-0.4, -0.2) is 32.8 Å². The maximum absolute atomic E-state index is 13.0. The summed E-state index contributed by atoms with van der Waals surface area (Å²) in [5, 5.41) is 13.5. The van der Waals surface area contributed by atoms with Gasteiger partial charge in [0.15, 0.2) is 5.11 Å². The predicted molar refractivity (Wildman–Crippen MR) is 59.0 cm³/mol. The normalized spacial score (nSPS) is 33.3. The molecule has 0 spiro atoms. The van der Waals surface area contributed by atoms with Gasteiger partial charge in [-0.15, -0.1) is 0 Å². The van der Waals surface area contributed by atoms with Crippen LogP contribution in [0.5, 0.6) is 0 Å². The fourth-order valence-corrected chi connectivity index (χ4v) is 2.62. The Hall–Kier alpha value is -0.890. The van der Waals surface area contributed by atoms with E-state index in [1.807, 2.05) is 0 Å². The maximum atomic E-state index is 13.0. The van der Waals surface area contributed by atoms with Crippen LogP contribution in [0.4, 0.5) is 13.2 Å². The summed E-state index contributed by atoms with van der Waals surface area (Å²) in [4.78, 5) is 0. The topological polar surface area (TPSA) is 61.8 Å². The highest BCUT2D eigenvalue weighted by atomic mass is 32.1. The van der Waals surface area contributed by atoms with Gasteiger partial charge in [-0.3, -0.25) is 0 Å². The van der Waals surface area contributed by atoms with E-state index < -0.39 is 22.9 Å². The van der Waals surface area contributed by atoms with Gasteiger partial charge in [0.05, 0.1) is 5.92 Å². The van der Waals surface area contributed by atoms with Crippen molar-refractivity contribution in [3.8, 4) is 0 Å². The summed E-state index contributed by atoms with van der Waals surface area (Å²) < 4.78 is 39.1. The smallest absolute Gasteiger partial charge is 0.375 e. The van der Waals surface area contributed by atoms with Crippen molar-refractivity contribution in [3.05, 3.63) is 0 Å². The average Bonchev–Trinajstić information content (AvgIpc) is 2.54. The second-order valence-corrected chi connectivity index (χ2v) is 4.68. The molecule has 3 N–H and O–H groups in total. The first-order valence-electron chi connectivity index (χ1n) is 5.24. The van der Waals surface area contributed by atoms with Crippen LogP contribution in [0, 0.1) is 5.92 Å². The maximum Gasteiger partial charge on any atom is 0.439 e. The lowest BCUT2D eigenvalue weighted by Gasteiger charge is -2.38. The standard InChI is InChI=1S/C9H12F3N3OS/c10-9(11,12)8(16)5-3-1-2-4-6(5)14-15(8)7(13)17/h5,16H,1-4H2,(H2,13,17)/t5-,8+/m0/s1. The van der Waals surface area contributed by atoms with Gasteiger partial charge in [-0.25, -0.2) is 0 Å². The Kier molecular flexibility index (Phi) is 2.81. The minimum absolute atomic E-state index is 0.244. The number of hydrazone groups is 1. The van der Waals surface area contributed by atoms with Gasteiger partial charge in [0.1, 0.15) is 0 Å². The van der Waals surface area contributed by atoms with Crippen molar-refractivity contribution >= 4 is 23.0 Å². The van der Waals surface area contributed by atoms with E-state index in [0.717, 1.165) is 6.42 Å². The fourth-order valence-electron chi connectivity index (χ4n) is 2.44. The van der Waals surface area contributed by atoms with Crippen LogP contribution in [0.2, 0.25) is 0 Å². The minimum Gasteiger partial charge on any atom is -0.375 e. The van der Waals surface area contributed by atoms with E-state index in [9.17, 15) is 18.3 Å². The molecule has 8 heteroatoms. The predicted octanol–water partition coefficient (Wildman–Crippen LogP) is 1.34. The number of thiocarbonyl (C=S) groups is 1. The van der Waals surface area contributed by atoms with Gasteiger partial charge in [-0.05, 0) is 31.5 Å². The van der Waals surface area contributed by atoms with E-state index in [-0.39, 0.29) is 6.42 Å². The van der Waals surface area contributed by atoms with Gasteiger partial charge in [0, 0.05) is 5.71 Å². The Morgan fingerprint density at radius 3 is 2.71 bits per heavy atom. The largest absolute Gasteiger partial charge is 0.439 e. The fraction of sp³-hybridized carbons (Fsp3) is 0.778. The molecule has 0 saturated heterocycles. The third-order valence-electron chi connectivity index (χ3n) is 3.24. The molecular formula is C9H12F3N3OS. The third-order valence-corrected chi connectivity index (χ3v) is 3.41. The molecule has 0 aromatic rings. The highest BCUT2D eigenvalue weighted by Gasteiger charge is 2.67. The third kappa shape index (κ3) is 1.70. The molecule has 0 amide bonds. The second kappa shape index (κ2) is 3.81. The van der Waals surface area contributed by atoms with Gasteiger partial charge < -0.3 is 10.8 Å². The van der Waals surface area contributed by atoms with Gasteiger partial charge >= 0.3 is 6.18 Å². The molecule has 2 rings (SSSR count). The molecule has 2 atom stereocenters. The van der Waals surface area contributed by atoms with E-state index in [2.05, 4.69) is 17.3 Å². The number of fused-ring (bicyclic) bond motifs is 1. The lowest BCUT2D eigenvalue weighted by molar-refractivity contribution is -0.309. The first kappa shape index (κ1) is 12.6. The molecule has 0 aromatic carbocycles. The highest BCUT2D eigenvalue weighted by molar-refractivity contribution is 7.80. The molecule has 0 unspecified atom stereocenters. The highest BCUT2D eigenvalue weighted by Crippen LogP contribution is 2.47. The lowest BCUT2D eigenvalue weighted by Crippen LogP contribution is -2.62. The van der Waals surface area contributed by atoms with Crippen molar-refractivity contribution in [1.82, 2.24) is 5.01 Å². The van der Waals surface area contributed by atoms with E-state index in [1.54, 1.807) is 0 Å². The Morgan fingerprint density at radius 2 is 2.18 bits per heavy atom. The number of hydrogen-bond acceptors (Lipinski definition) is 3. The SMILES string of the molecule is NC(=S)N1N=C2CCCC[C@@H]2[C@@]1(O)C(F)(F)F. The van der Waals surface area contributed by atoms with Crippen molar-refractivity contribution in [2.75, 3.05) is 0 Å². The number of aliphatic hydroxyl groups is 1. The zero-order valence-corrected chi connectivity index (χ0v) is 9.68. The van der Waals surface area contributed by atoms with E-state index in [4.69, 9.17) is 5.73 Å². The Bertz CT molecular complexity index is 384. The van der Waals surface area contributed by atoms with Crippen molar-refractivity contribution in [2.24, 2.45) is 16.8 Å². The summed E-state index contributed by atoms with van der Waals surface area (Å²) in [7, 11) is 0.